The molecule has 2 rings (SSSR count). The molecule has 0 fully saturated rings. The fourth-order valence-electron chi connectivity index (χ4n) is 2.08. The van der Waals surface area contributed by atoms with Gasteiger partial charge in [0.1, 0.15) is 10.7 Å². The number of thioether (sulfide) groups is 1. The fraction of sp³-hybridized carbons (Fsp3) is 0.312. The third-order valence-electron chi connectivity index (χ3n) is 3.13. The van der Waals surface area contributed by atoms with Gasteiger partial charge < -0.3 is 4.90 Å². The van der Waals surface area contributed by atoms with Crippen LogP contribution in [0.2, 0.25) is 15.1 Å². The topological polar surface area (TPSA) is 29.0 Å². The van der Waals surface area contributed by atoms with Crippen LogP contribution in [-0.4, -0.2) is 38.7 Å². The van der Waals surface area contributed by atoms with Crippen molar-refractivity contribution in [2.24, 2.45) is 0 Å². The lowest BCUT2D eigenvalue weighted by Gasteiger charge is -2.24. The van der Waals surface area contributed by atoms with Gasteiger partial charge in [0.2, 0.25) is 0 Å². The van der Waals surface area contributed by atoms with Crippen LogP contribution in [0, 0.1) is 0 Å². The Morgan fingerprint density at radius 1 is 1.17 bits per heavy atom. The summed E-state index contributed by atoms with van der Waals surface area (Å²) in [5.41, 5.74) is 0.716. The van der Waals surface area contributed by atoms with E-state index in [9.17, 15) is 0 Å². The maximum absolute atomic E-state index is 6.22. The molecule has 0 amide bonds. The van der Waals surface area contributed by atoms with Gasteiger partial charge in [-0.2, -0.15) is 0 Å². The number of benzene rings is 1. The molecule has 0 saturated heterocycles. The number of rotatable bonds is 7. The van der Waals surface area contributed by atoms with Gasteiger partial charge in [-0.15, -0.1) is 11.8 Å². The zero-order valence-corrected chi connectivity index (χ0v) is 16.9. The first-order valence-electron chi connectivity index (χ1n) is 7.35. The Morgan fingerprint density at radius 2 is 1.88 bits per heavy atom. The summed E-state index contributed by atoms with van der Waals surface area (Å²) in [6, 6.07) is 3.40. The highest BCUT2D eigenvalue weighted by molar-refractivity contribution is 7.99. The van der Waals surface area contributed by atoms with Crippen molar-refractivity contribution in [1.82, 2.24) is 14.9 Å². The molecule has 0 spiro atoms. The first-order valence-corrected chi connectivity index (χ1v) is 9.88. The molecule has 1 heterocycles. The van der Waals surface area contributed by atoms with Gasteiger partial charge in [-0.25, -0.2) is 0 Å². The minimum atomic E-state index is 0.533. The van der Waals surface area contributed by atoms with Crippen LogP contribution in [0.15, 0.2) is 35.6 Å². The number of halogens is 3. The highest BCUT2D eigenvalue weighted by Gasteiger charge is 2.14. The normalized spacial score (nSPS) is 10.7. The summed E-state index contributed by atoms with van der Waals surface area (Å²) < 4.78 is 0. The Balaban J connectivity index is 2.01. The maximum Gasteiger partial charge on any atom is 0.129 e. The van der Waals surface area contributed by atoms with Crippen molar-refractivity contribution in [3.05, 3.63) is 51.5 Å². The van der Waals surface area contributed by atoms with Crippen molar-refractivity contribution < 1.29 is 0 Å². The Hall–Kier alpha value is -0.590. The molecule has 1 aromatic carbocycles. The first kappa shape index (κ1) is 19.7. The van der Waals surface area contributed by atoms with Gasteiger partial charge in [0.15, 0.2) is 0 Å². The van der Waals surface area contributed by atoms with Crippen molar-refractivity contribution >= 4 is 63.8 Å². The monoisotopic (exact) mass is 419 g/mol. The third kappa shape index (κ3) is 5.46. The van der Waals surface area contributed by atoms with E-state index in [0.717, 1.165) is 30.2 Å². The van der Waals surface area contributed by atoms with E-state index in [2.05, 4.69) is 21.8 Å². The highest BCUT2D eigenvalue weighted by atomic mass is 35.5. The van der Waals surface area contributed by atoms with Gasteiger partial charge in [0, 0.05) is 41.2 Å². The van der Waals surface area contributed by atoms with Crippen molar-refractivity contribution in [1.29, 1.82) is 0 Å². The average Bonchev–Trinajstić information content (AvgIpc) is 2.56. The van der Waals surface area contributed by atoms with E-state index in [-0.39, 0.29) is 0 Å². The second-order valence-electron chi connectivity index (χ2n) is 4.93. The maximum atomic E-state index is 6.22. The molecule has 0 saturated carbocycles. The number of hydrogen-bond donors (Lipinski definition) is 0. The molecule has 0 unspecified atom stereocenters. The van der Waals surface area contributed by atoms with Crippen molar-refractivity contribution in [3.8, 4) is 0 Å². The van der Waals surface area contributed by atoms with Gasteiger partial charge in [-0.05, 0) is 18.6 Å². The Kier molecular flexibility index (Phi) is 8.04. The lowest BCUT2D eigenvalue weighted by molar-refractivity contribution is 0.450. The van der Waals surface area contributed by atoms with Crippen molar-refractivity contribution in [2.45, 2.75) is 18.2 Å². The molecular formula is C16H16Cl3N3S2. The predicted octanol–water partition coefficient (Wildman–Crippen LogP) is 5.62. The summed E-state index contributed by atoms with van der Waals surface area (Å²) in [5, 5.41) is 1.66. The van der Waals surface area contributed by atoms with Crippen LogP contribution in [0.5, 0.6) is 0 Å². The molecule has 8 heteroatoms. The van der Waals surface area contributed by atoms with E-state index in [1.165, 1.54) is 0 Å². The van der Waals surface area contributed by atoms with Gasteiger partial charge in [0.25, 0.3) is 0 Å². The Morgan fingerprint density at radius 3 is 2.46 bits per heavy atom. The summed E-state index contributed by atoms with van der Waals surface area (Å²) in [5.74, 6) is 0.793. The van der Waals surface area contributed by atoms with Crippen molar-refractivity contribution in [2.75, 3.05) is 18.8 Å². The van der Waals surface area contributed by atoms with E-state index in [1.807, 2.05) is 0 Å². The minimum Gasteiger partial charge on any atom is -0.360 e. The van der Waals surface area contributed by atoms with E-state index in [0.29, 0.717) is 25.8 Å². The molecular weight excluding hydrogens is 405 g/mol. The highest BCUT2D eigenvalue weighted by Crippen LogP contribution is 2.36. The molecule has 0 N–H and O–H groups in total. The molecule has 0 aliphatic rings. The van der Waals surface area contributed by atoms with Gasteiger partial charge in [0.05, 0.1) is 16.2 Å². The lowest BCUT2D eigenvalue weighted by atomic mass is 10.3. The summed E-state index contributed by atoms with van der Waals surface area (Å²) >= 11 is 25.5. The third-order valence-corrected chi connectivity index (χ3v) is 5.75. The van der Waals surface area contributed by atoms with E-state index in [4.69, 9.17) is 47.0 Å². The molecule has 24 heavy (non-hydrogen) atoms. The Labute approximate surface area is 166 Å². The lowest BCUT2D eigenvalue weighted by Crippen LogP contribution is -2.33. The summed E-state index contributed by atoms with van der Waals surface area (Å²) in [6.07, 6.45) is 5.96. The Bertz CT molecular complexity index is 675. The van der Waals surface area contributed by atoms with Crippen LogP contribution < -0.4 is 0 Å². The van der Waals surface area contributed by atoms with Gasteiger partial charge in [-0.3, -0.25) is 9.97 Å². The molecule has 0 radical (unpaired) electrons. The zero-order chi connectivity index (χ0) is 17.5. The standard InChI is InChI=1S/C16H16Cl3N3S2/c1-2-5-22(16(23)14-10-20-3-4-21-14)6-7-24-15-12(18)8-11(17)9-13(15)19/h3-4,8-10H,2,5-7H2,1H3. The summed E-state index contributed by atoms with van der Waals surface area (Å²) in [6.45, 7) is 3.74. The minimum absolute atomic E-state index is 0.533. The predicted molar refractivity (Wildman–Crippen MR) is 108 cm³/mol. The van der Waals surface area contributed by atoms with Crippen LogP contribution in [0.25, 0.3) is 0 Å². The molecule has 1 aromatic heterocycles. The molecule has 0 aliphatic carbocycles. The number of hydrogen-bond acceptors (Lipinski definition) is 4. The van der Waals surface area contributed by atoms with E-state index >= 15 is 0 Å². The van der Waals surface area contributed by atoms with Gasteiger partial charge >= 0.3 is 0 Å². The second-order valence-corrected chi connectivity index (χ2v) is 7.67. The quantitative estimate of drug-likeness (QED) is 0.428. The summed E-state index contributed by atoms with van der Waals surface area (Å²) in [7, 11) is 0. The van der Waals surface area contributed by atoms with Crippen LogP contribution in [0.1, 0.15) is 19.0 Å². The smallest absolute Gasteiger partial charge is 0.129 e. The zero-order valence-electron chi connectivity index (χ0n) is 13.0. The molecule has 0 bridgehead atoms. The molecule has 0 atom stereocenters. The van der Waals surface area contributed by atoms with Gasteiger partial charge in [-0.1, -0.05) is 53.9 Å². The van der Waals surface area contributed by atoms with Crippen LogP contribution in [0.4, 0.5) is 0 Å². The second kappa shape index (κ2) is 9.78. The largest absolute Gasteiger partial charge is 0.360 e. The van der Waals surface area contributed by atoms with Crippen LogP contribution >= 0.6 is 58.8 Å². The number of nitrogens with zero attached hydrogens (tertiary/aromatic N) is 3. The molecule has 2 aromatic rings. The molecule has 3 nitrogen and oxygen atoms in total. The van der Waals surface area contributed by atoms with Crippen molar-refractivity contribution in [3.63, 3.8) is 0 Å². The fourth-order valence-corrected chi connectivity index (χ4v) is 4.42. The summed E-state index contributed by atoms with van der Waals surface area (Å²) in [4.78, 5) is 12.0. The number of aromatic nitrogens is 2. The molecule has 128 valence electrons. The van der Waals surface area contributed by atoms with Crippen LogP contribution in [-0.2, 0) is 0 Å². The van der Waals surface area contributed by atoms with Crippen LogP contribution in [0.3, 0.4) is 0 Å². The number of thiocarbonyl (C=S) groups is 1. The molecule has 0 aliphatic heterocycles. The SMILES string of the molecule is CCCN(CCSc1c(Cl)cc(Cl)cc1Cl)C(=S)c1cnccn1. The average molecular weight is 421 g/mol. The van der Waals surface area contributed by atoms with E-state index in [1.54, 1.807) is 42.5 Å². The first-order chi connectivity index (χ1) is 11.5. The van der Waals surface area contributed by atoms with E-state index < -0.39 is 0 Å².